The van der Waals surface area contributed by atoms with Gasteiger partial charge in [0.05, 0.1) is 7.11 Å². The quantitative estimate of drug-likeness (QED) is 0.394. The number of nitrogens with zero attached hydrogens (tertiary/aromatic N) is 6. The number of halogens is 2. The molecule has 2 aromatic carbocycles. The molecule has 3 aromatic rings. The van der Waals surface area contributed by atoms with E-state index in [0.717, 1.165) is 54.5 Å². The fraction of sp³-hybridized carbons (Fsp3) is 0.483. The highest BCUT2D eigenvalue weighted by molar-refractivity contribution is 9.10. The van der Waals surface area contributed by atoms with Crippen LogP contribution in [0.3, 0.4) is 0 Å². The molecule has 42 heavy (non-hydrogen) atoms. The smallest absolute Gasteiger partial charge is 0.409 e. The number of likely N-dealkylation sites (tertiary alicyclic amines) is 2. The highest BCUT2D eigenvalue weighted by Gasteiger charge is 2.35. The van der Waals surface area contributed by atoms with Crippen molar-refractivity contribution in [3.63, 3.8) is 0 Å². The van der Waals surface area contributed by atoms with Gasteiger partial charge in [-0.1, -0.05) is 28.1 Å². The summed E-state index contributed by atoms with van der Waals surface area (Å²) in [7, 11) is 3.15. The van der Waals surface area contributed by atoms with E-state index in [1.54, 1.807) is 16.6 Å². The summed E-state index contributed by atoms with van der Waals surface area (Å²) in [5, 5.41) is 17.8. The maximum atomic E-state index is 13.4. The molecule has 2 fully saturated rings. The summed E-state index contributed by atoms with van der Waals surface area (Å²) >= 11 is 3.51. The van der Waals surface area contributed by atoms with Crippen LogP contribution < -0.4 is 10.6 Å². The zero-order valence-electron chi connectivity index (χ0n) is 23.8. The van der Waals surface area contributed by atoms with Crippen LogP contribution in [-0.4, -0.2) is 88.0 Å². The molecule has 2 aliphatic rings. The van der Waals surface area contributed by atoms with E-state index in [4.69, 9.17) is 4.74 Å². The maximum Gasteiger partial charge on any atom is 0.409 e. The number of rotatable bonds is 7. The number of piperidine rings is 2. The van der Waals surface area contributed by atoms with Gasteiger partial charge in [-0.05, 0) is 84.5 Å². The van der Waals surface area contributed by atoms with Gasteiger partial charge in [0.1, 0.15) is 5.82 Å². The van der Waals surface area contributed by atoms with Crippen LogP contribution in [0.5, 0.6) is 0 Å². The summed E-state index contributed by atoms with van der Waals surface area (Å²) in [6, 6.07) is 11.8. The number of aromatic nitrogens is 4. The van der Waals surface area contributed by atoms with E-state index in [0.29, 0.717) is 36.9 Å². The molecule has 3 heterocycles. The van der Waals surface area contributed by atoms with Gasteiger partial charge in [-0.15, -0.1) is 5.10 Å². The minimum Gasteiger partial charge on any atom is -0.453 e. The average Bonchev–Trinajstić information content (AvgIpc) is 3.40. The first-order valence-electron chi connectivity index (χ1n) is 14.2. The van der Waals surface area contributed by atoms with Crippen LogP contribution in [0.1, 0.15) is 24.8 Å². The van der Waals surface area contributed by atoms with E-state index >= 15 is 0 Å². The van der Waals surface area contributed by atoms with Crippen LogP contribution in [0.4, 0.5) is 19.7 Å². The molecular formula is C29H36BrFN8O3. The lowest BCUT2D eigenvalue weighted by Crippen LogP contribution is -2.56. The molecule has 0 bridgehead atoms. The van der Waals surface area contributed by atoms with Gasteiger partial charge in [0.15, 0.2) is 5.82 Å². The SMILES string of the molecule is COC(=O)N1CC[C@@H](NC(=O)Nc2cc(Br)cc(-c3nnnn3C)c2)[C@H](CN2CCCC(Cc3ccc(F)cc3)C2)C1. The Labute approximate surface area is 252 Å². The number of urea groups is 1. The van der Waals surface area contributed by atoms with Gasteiger partial charge in [-0.25, -0.2) is 18.7 Å². The lowest BCUT2D eigenvalue weighted by atomic mass is 9.88. The number of ether oxygens (including phenoxy) is 1. The number of tetrazole rings is 1. The Morgan fingerprint density at radius 3 is 2.67 bits per heavy atom. The van der Waals surface area contributed by atoms with Crippen molar-refractivity contribution in [3.8, 4) is 11.4 Å². The van der Waals surface area contributed by atoms with Crippen LogP contribution in [0, 0.1) is 17.7 Å². The number of carbonyl (C=O) groups is 2. The summed E-state index contributed by atoms with van der Waals surface area (Å²) in [4.78, 5) is 29.8. The summed E-state index contributed by atoms with van der Waals surface area (Å²) in [6.07, 6.45) is 3.36. The third kappa shape index (κ3) is 7.62. The molecule has 3 amide bonds. The minimum absolute atomic E-state index is 0.0240. The van der Waals surface area contributed by atoms with Crippen molar-refractivity contribution in [2.24, 2.45) is 18.9 Å². The van der Waals surface area contributed by atoms with Crippen LogP contribution >= 0.6 is 15.9 Å². The number of hydrogen-bond acceptors (Lipinski definition) is 7. The van der Waals surface area contributed by atoms with Gasteiger partial charge < -0.3 is 25.2 Å². The van der Waals surface area contributed by atoms with Gasteiger partial charge in [-0.2, -0.15) is 0 Å². The predicted molar refractivity (Wildman–Crippen MR) is 159 cm³/mol. The number of carbonyl (C=O) groups excluding carboxylic acids is 2. The number of amides is 3. The average molecular weight is 644 g/mol. The van der Waals surface area contributed by atoms with Crippen molar-refractivity contribution in [3.05, 3.63) is 58.3 Å². The Morgan fingerprint density at radius 1 is 1.12 bits per heavy atom. The first-order chi connectivity index (χ1) is 20.3. The molecule has 2 saturated heterocycles. The molecule has 11 nitrogen and oxygen atoms in total. The lowest BCUT2D eigenvalue weighted by Gasteiger charge is -2.42. The Balaban J connectivity index is 1.24. The highest BCUT2D eigenvalue weighted by Crippen LogP contribution is 2.27. The number of aryl methyl sites for hydroxylation is 1. The highest BCUT2D eigenvalue weighted by atomic mass is 79.9. The largest absolute Gasteiger partial charge is 0.453 e. The van der Waals surface area contributed by atoms with E-state index in [-0.39, 0.29) is 29.9 Å². The van der Waals surface area contributed by atoms with E-state index in [1.165, 1.54) is 19.2 Å². The fourth-order valence-corrected chi connectivity index (χ4v) is 6.57. The normalized spacial score (nSPS) is 21.1. The lowest BCUT2D eigenvalue weighted by molar-refractivity contribution is 0.0702. The standard InChI is InChI=1S/C29H36BrFN8O3/c1-37-27(34-35-36-37)21-13-23(30)15-25(14-21)32-28(40)33-26-9-11-39(29(41)42-2)18-22(26)17-38-10-3-4-20(16-38)12-19-5-7-24(31)8-6-19/h5-8,13-15,20,22,26H,3-4,9-12,16-18H2,1-2H3,(H2,32,33,40)/t20?,22-,26-/m1/s1. The van der Waals surface area contributed by atoms with E-state index in [9.17, 15) is 14.0 Å². The first-order valence-corrected chi connectivity index (χ1v) is 15.0. The molecular weight excluding hydrogens is 607 g/mol. The molecule has 3 atom stereocenters. The van der Waals surface area contributed by atoms with Crippen LogP contribution in [0.15, 0.2) is 46.9 Å². The minimum atomic E-state index is -0.351. The summed E-state index contributed by atoms with van der Waals surface area (Å²) in [5.41, 5.74) is 2.50. The topological polar surface area (TPSA) is 118 Å². The molecule has 13 heteroatoms. The molecule has 224 valence electrons. The molecule has 1 aromatic heterocycles. The van der Waals surface area contributed by atoms with Crippen molar-refractivity contribution < 1.29 is 18.7 Å². The van der Waals surface area contributed by atoms with E-state index < -0.39 is 0 Å². The number of hydrogen-bond donors (Lipinski definition) is 2. The van der Waals surface area contributed by atoms with Gasteiger partial charge >= 0.3 is 12.1 Å². The number of nitrogens with one attached hydrogen (secondary N) is 2. The van der Waals surface area contributed by atoms with Gasteiger partial charge in [0.25, 0.3) is 0 Å². The Kier molecular flexibility index (Phi) is 9.68. The maximum absolute atomic E-state index is 13.4. The first kappa shape index (κ1) is 29.9. The van der Waals surface area contributed by atoms with Crippen molar-refractivity contribution in [2.75, 3.05) is 45.2 Å². The van der Waals surface area contributed by atoms with Crippen molar-refractivity contribution in [1.82, 2.24) is 35.3 Å². The molecule has 0 radical (unpaired) electrons. The third-order valence-electron chi connectivity index (χ3n) is 8.05. The second-order valence-corrected chi connectivity index (χ2v) is 12.0. The molecule has 2 aliphatic heterocycles. The Hall–Kier alpha value is -3.58. The van der Waals surface area contributed by atoms with E-state index in [1.807, 2.05) is 30.3 Å². The fourth-order valence-electron chi connectivity index (χ4n) is 6.07. The Bertz CT molecular complexity index is 1390. The van der Waals surface area contributed by atoms with Crippen LogP contribution in [-0.2, 0) is 18.2 Å². The van der Waals surface area contributed by atoms with Crippen molar-refractivity contribution in [1.29, 1.82) is 0 Å². The van der Waals surface area contributed by atoms with Gasteiger partial charge in [0.2, 0.25) is 0 Å². The Morgan fingerprint density at radius 2 is 1.93 bits per heavy atom. The molecule has 5 rings (SSSR count). The second-order valence-electron chi connectivity index (χ2n) is 11.1. The van der Waals surface area contributed by atoms with Gasteiger partial charge in [0, 0.05) is 60.9 Å². The number of benzene rings is 2. The third-order valence-corrected chi connectivity index (χ3v) is 8.51. The summed E-state index contributed by atoms with van der Waals surface area (Å²) < 4.78 is 20.7. The van der Waals surface area contributed by atoms with Crippen molar-refractivity contribution >= 4 is 33.7 Å². The summed E-state index contributed by atoms with van der Waals surface area (Å²) in [6.45, 7) is 3.63. The molecule has 0 spiro atoms. The second kappa shape index (κ2) is 13.6. The molecule has 0 aliphatic carbocycles. The van der Waals surface area contributed by atoms with Crippen molar-refractivity contribution in [2.45, 2.75) is 31.7 Å². The number of anilines is 1. The predicted octanol–water partition coefficient (Wildman–Crippen LogP) is 4.31. The molecule has 1 unspecified atom stereocenters. The number of methoxy groups -OCH3 is 1. The monoisotopic (exact) mass is 642 g/mol. The van der Waals surface area contributed by atoms with Crippen LogP contribution in [0.2, 0.25) is 0 Å². The van der Waals surface area contributed by atoms with E-state index in [2.05, 4.69) is 47.0 Å². The summed E-state index contributed by atoms with van der Waals surface area (Å²) in [5.74, 6) is 0.849. The molecule has 2 N–H and O–H groups in total. The van der Waals surface area contributed by atoms with Gasteiger partial charge in [-0.3, -0.25) is 0 Å². The van der Waals surface area contributed by atoms with Crippen LogP contribution in [0.25, 0.3) is 11.4 Å². The zero-order valence-corrected chi connectivity index (χ0v) is 25.4. The zero-order chi connectivity index (χ0) is 29.6. The molecule has 0 saturated carbocycles.